The standard InChI is InChI=1S/C12H17NO6/c1-5(14)13-8-7(15)4-6(11(16)17)9-10(8)19-12(2,3)18-9/h4,7-10,15H,1-3H3,(H,13,14)(H,16,17)/t7-,8-,9-,10+/m1/s1. The fraction of sp³-hybridized carbons (Fsp3) is 0.667. The van der Waals surface area contributed by atoms with E-state index < -0.39 is 36.1 Å². The highest BCUT2D eigenvalue weighted by atomic mass is 16.8. The summed E-state index contributed by atoms with van der Waals surface area (Å²) in [5, 5.41) is 21.7. The number of aliphatic carboxylic acids is 1. The Morgan fingerprint density at radius 3 is 2.53 bits per heavy atom. The minimum absolute atomic E-state index is 0.0512. The lowest BCUT2D eigenvalue weighted by Gasteiger charge is -2.33. The molecule has 1 heterocycles. The molecule has 2 rings (SSSR count). The molecule has 1 fully saturated rings. The summed E-state index contributed by atoms with van der Waals surface area (Å²) >= 11 is 0. The maximum absolute atomic E-state index is 11.2. The molecule has 19 heavy (non-hydrogen) atoms. The van der Waals surface area contributed by atoms with Gasteiger partial charge < -0.3 is 25.0 Å². The van der Waals surface area contributed by atoms with Gasteiger partial charge in [0.2, 0.25) is 5.91 Å². The van der Waals surface area contributed by atoms with Crippen LogP contribution in [0.1, 0.15) is 20.8 Å². The smallest absolute Gasteiger partial charge is 0.334 e. The number of carbonyl (C=O) groups excluding carboxylic acids is 1. The highest BCUT2D eigenvalue weighted by Gasteiger charge is 2.52. The quantitative estimate of drug-likeness (QED) is 0.619. The SMILES string of the molecule is CC(=O)N[C@H]1[C@@H]2OC(C)(C)O[C@@H]2C(C(=O)O)=C[C@H]1O. The Hall–Kier alpha value is -1.44. The maximum Gasteiger partial charge on any atom is 0.334 e. The number of aliphatic hydroxyl groups excluding tert-OH is 1. The highest BCUT2D eigenvalue weighted by molar-refractivity contribution is 5.88. The summed E-state index contributed by atoms with van der Waals surface area (Å²) in [4.78, 5) is 22.3. The van der Waals surface area contributed by atoms with Gasteiger partial charge in [0.25, 0.3) is 0 Å². The van der Waals surface area contributed by atoms with Gasteiger partial charge in [0, 0.05) is 6.92 Å². The molecule has 0 saturated carbocycles. The molecule has 1 aliphatic heterocycles. The Morgan fingerprint density at radius 1 is 1.37 bits per heavy atom. The molecule has 1 saturated heterocycles. The van der Waals surface area contributed by atoms with Crippen molar-refractivity contribution >= 4 is 11.9 Å². The fourth-order valence-electron chi connectivity index (χ4n) is 2.46. The van der Waals surface area contributed by atoms with Gasteiger partial charge in [0.1, 0.15) is 12.2 Å². The third kappa shape index (κ3) is 2.63. The molecule has 0 unspecified atom stereocenters. The van der Waals surface area contributed by atoms with Crippen molar-refractivity contribution in [2.45, 2.75) is 50.9 Å². The molecule has 0 bridgehead atoms. The minimum Gasteiger partial charge on any atom is -0.478 e. The molecule has 1 aliphatic carbocycles. The Kier molecular flexibility index (Phi) is 3.38. The van der Waals surface area contributed by atoms with Crippen LogP contribution in [0.2, 0.25) is 0 Å². The van der Waals surface area contributed by atoms with Crippen molar-refractivity contribution < 1.29 is 29.3 Å². The van der Waals surface area contributed by atoms with E-state index in [1.807, 2.05) is 0 Å². The van der Waals surface area contributed by atoms with Gasteiger partial charge >= 0.3 is 5.97 Å². The van der Waals surface area contributed by atoms with E-state index >= 15 is 0 Å². The summed E-state index contributed by atoms with van der Waals surface area (Å²) in [5.74, 6) is -2.47. The number of carboxylic acid groups (broad SMARTS) is 1. The van der Waals surface area contributed by atoms with Crippen LogP contribution in [0.4, 0.5) is 0 Å². The molecule has 4 atom stereocenters. The average molecular weight is 271 g/mol. The second-order valence-corrected chi connectivity index (χ2v) is 5.16. The first-order chi connectivity index (χ1) is 8.71. The van der Waals surface area contributed by atoms with Crippen LogP contribution < -0.4 is 5.32 Å². The molecule has 106 valence electrons. The Balaban J connectivity index is 2.35. The maximum atomic E-state index is 11.2. The first kappa shape index (κ1) is 14.0. The van der Waals surface area contributed by atoms with Crippen molar-refractivity contribution in [3.05, 3.63) is 11.6 Å². The van der Waals surface area contributed by atoms with Crippen LogP contribution in [0.25, 0.3) is 0 Å². The Labute approximate surface area is 110 Å². The second-order valence-electron chi connectivity index (χ2n) is 5.16. The van der Waals surface area contributed by atoms with Gasteiger partial charge in [-0.2, -0.15) is 0 Å². The first-order valence-corrected chi connectivity index (χ1v) is 5.97. The van der Waals surface area contributed by atoms with Crippen molar-refractivity contribution in [3.63, 3.8) is 0 Å². The molecular weight excluding hydrogens is 254 g/mol. The number of rotatable bonds is 2. The van der Waals surface area contributed by atoms with E-state index in [9.17, 15) is 14.7 Å². The summed E-state index contributed by atoms with van der Waals surface area (Å²) in [6.07, 6.45) is -1.49. The van der Waals surface area contributed by atoms with Gasteiger partial charge in [0.15, 0.2) is 5.79 Å². The number of amides is 1. The van der Waals surface area contributed by atoms with Gasteiger partial charge in [0.05, 0.1) is 17.7 Å². The summed E-state index contributed by atoms with van der Waals surface area (Å²) in [6.45, 7) is 4.63. The van der Waals surface area contributed by atoms with Crippen LogP contribution in [-0.4, -0.2) is 52.2 Å². The van der Waals surface area contributed by atoms with E-state index in [0.717, 1.165) is 0 Å². The predicted molar refractivity (Wildman–Crippen MR) is 63.2 cm³/mol. The minimum atomic E-state index is -1.17. The van der Waals surface area contributed by atoms with Gasteiger partial charge in [-0.25, -0.2) is 4.79 Å². The molecule has 3 N–H and O–H groups in total. The van der Waals surface area contributed by atoms with E-state index in [1.54, 1.807) is 13.8 Å². The normalized spacial score (nSPS) is 36.3. The number of carbonyl (C=O) groups is 2. The van der Waals surface area contributed by atoms with Gasteiger partial charge in [-0.05, 0) is 19.9 Å². The summed E-state index contributed by atoms with van der Waals surface area (Å²) < 4.78 is 11.2. The number of carboxylic acids is 1. The fourth-order valence-corrected chi connectivity index (χ4v) is 2.46. The lowest BCUT2D eigenvalue weighted by Crippen LogP contribution is -2.56. The van der Waals surface area contributed by atoms with Crippen molar-refractivity contribution in [2.75, 3.05) is 0 Å². The largest absolute Gasteiger partial charge is 0.478 e. The summed E-state index contributed by atoms with van der Waals surface area (Å²) in [5.41, 5.74) is -0.0512. The third-order valence-electron chi connectivity index (χ3n) is 3.12. The van der Waals surface area contributed by atoms with Crippen LogP contribution >= 0.6 is 0 Å². The van der Waals surface area contributed by atoms with E-state index in [0.29, 0.717) is 0 Å². The predicted octanol–water partition coefficient (Wildman–Crippen LogP) is -0.603. The van der Waals surface area contributed by atoms with Crippen molar-refractivity contribution in [3.8, 4) is 0 Å². The topological polar surface area (TPSA) is 105 Å². The molecule has 0 spiro atoms. The number of ether oxygens (including phenoxy) is 2. The lowest BCUT2D eigenvalue weighted by atomic mass is 9.87. The Bertz CT molecular complexity index is 444. The zero-order chi connectivity index (χ0) is 14.4. The molecule has 0 radical (unpaired) electrons. The third-order valence-corrected chi connectivity index (χ3v) is 3.12. The molecule has 0 aromatic heterocycles. The zero-order valence-electron chi connectivity index (χ0n) is 10.9. The van der Waals surface area contributed by atoms with Crippen molar-refractivity contribution in [2.24, 2.45) is 0 Å². The van der Waals surface area contributed by atoms with E-state index in [-0.39, 0.29) is 11.5 Å². The lowest BCUT2D eigenvalue weighted by molar-refractivity contribution is -0.150. The molecule has 0 aromatic carbocycles. The number of aliphatic hydroxyl groups is 1. The van der Waals surface area contributed by atoms with Gasteiger partial charge in [-0.3, -0.25) is 4.79 Å². The number of hydrogen-bond acceptors (Lipinski definition) is 5. The second kappa shape index (κ2) is 4.59. The Morgan fingerprint density at radius 2 is 2.00 bits per heavy atom. The summed E-state index contributed by atoms with van der Waals surface area (Å²) in [6, 6.07) is -0.729. The van der Waals surface area contributed by atoms with Crippen molar-refractivity contribution in [1.29, 1.82) is 0 Å². The summed E-state index contributed by atoms with van der Waals surface area (Å²) in [7, 11) is 0. The van der Waals surface area contributed by atoms with Crippen LogP contribution in [0.5, 0.6) is 0 Å². The molecule has 1 amide bonds. The van der Waals surface area contributed by atoms with Crippen LogP contribution in [0, 0.1) is 0 Å². The number of hydrogen-bond donors (Lipinski definition) is 3. The number of fused-ring (bicyclic) bond motifs is 1. The molecule has 7 nitrogen and oxygen atoms in total. The number of nitrogens with one attached hydrogen (secondary N) is 1. The van der Waals surface area contributed by atoms with Gasteiger partial charge in [-0.15, -0.1) is 0 Å². The van der Waals surface area contributed by atoms with E-state index in [1.165, 1.54) is 13.0 Å². The molecule has 0 aromatic rings. The van der Waals surface area contributed by atoms with Crippen LogP contribution in [-0.2, 0) is 19.1 Å². The highest BCUT2D eigenvalue weighted by Crippen LogP contribution is 2.37. The molecule has 7 heteroatoms. The van der Waals surface area contributed by atoms with Gasteiger partial charge in [-0.1, -0.05) is 0 Å². The average Bonchev–Trinajstić information content (AvgIpc) is 2.56. The van der Waals surface area contributed by atoms with Crippen LogP contribution in [0.3, 0.4) is 0 Å². The van der Waals surface area contributed by atoms with E-state index in [2.05, 4.69) is 5.32 Å². The molecule has 2 aliphatic rings. The first-order valence-electron chi connectivity index (χ1n) is 5.97. The van der Waals surface area contributed by atoms with Crippen LogP contribution in [0.15, 0.2) is 11.6 Å². The van der Waals surface area contributed by atoms with E-state index in [4.69, 9.17) is 14.6 Å². The monoisotopic (exact) mass is 271 g/mol. The molecular formula is C12H17NO6. The zero-order valence-corrected chi connectivity index (χ0v) is 10.9. The van der Waals surface area contributed by atoms with Crippen molar-refractivity contribution in [1.82, 2.24) is 5.32 Å².